The lowest BCUT2D eigenvalue weighted by atomic mass is 10.1. The third-order valence-corrected chi connectivity index (χ3v) is 4.24. The normalized spacial score (nSPS) is 8.24. The third-order valence-electron chi connectivity index (χ3n) is 4.24. The van der Waals surface area contributed by atoms with Crippen LogP contribution in [0.1, 0.15) is 31.2 Å². The number of carbonyl (C=O) groups excluding carboxylic acids is 6. The van der Waals surface area contributed by atoms with Gasteiger partial charge in [-0.1, -0.05) is 31.0 Å². The van der Waals surface area contributed by atoms with E-state index in [1.165, 1.54) is 36.5 Å². The summed E-state index contributed by atoms with van der Waals surface area (Å²) in [5, 5.41) is 0. The first-order valence-corrected chi connectivity index (χ1v) is 10.7. The highest BCUT2D eigenvalue weighted by molar-refractivity contribution is 5.67. The molecule has 0 heterocycles. The Hall–Kier alpha value is -5.28. The van der Waals surface area contributed by atoms with Crippen molar-refractivity contribution in [2.45, 2.75) is 32.6 Å². The van der Waals surface area contributed by atoms with Crippen molar-refractivity contribution in [3.8, 4) is 0 Å². The zero-order valence-corrected chi connectivity index (χ0v) is 19.9. The van der Waals surface area contributed by atoms with Gasteiger partial charge in [0.05, 0.1) is 24.5 Å². The van der Waals surface area contributed by atoms with Crippen LogP contribution >= 0.6 is 0 Å². The molecule has 0 aliphatic heterocycles. The molecule has 0 spiro atoms. The highest BCUT2D eigenvalue weighted by Crippen LogP contribution is 2.27. The molecule has 0 N–H and O–H groups in total. The molecule has 12 nitrogen and oxygen atoms in total. The van der Waals surface area contributed by atoms with E-state index >= 15 is 0 Å². The summed E-state index contributed by atoms with van der Waals surface area (Å²) in [6.07, 6.45) is 12.4. The monoisotopic (exact) mass is 502 g/mol. The zero-order valence-electron chi connectivity index (χ0n) is 19.9. The average molecular weight is 502 g/mol. The van der Waals surface area contributed by atoms with Gasteiger partial charge in [-0.15, -0.1) is 0 Å². The van der Waals surface area contributed by atoms with E-state index < -0.39 is 0 Å². The standard InChI is InChI=1S/C9H6N2O2.C8H4N2O2.C8H12N2O2/c1-7-8(10-5-12)3-2-4-9(7)11-6-13;11-5-9-7-3-1-2-4-8(7)10-6-12;11-7-9-5-3-1-2-4-6-10-8-12/h2-4H,1H3;1-4H;1-6H2. The Morgan fingerprint density at radius 1 is 0.486 bits per heavy atom. The van der Waals surface area contributed by atoms with Crippen LogP contribution in [0, 0.1) is 6.92 Å². The Morgan fingerprint density at radius 3 is 1.19 bits per heavy atom. The summed E-state index contributed by atoms with van der Waals surface area (Å²) in [6, 6.07) is 11.4. The fourth-order valence-electron chi connectivity index (χ4n) is 2.53. The van der Waals surface area contributed by atoms with Crippen molar-refractivity contribution in [2.24, 2.45) is 30.0 Å². The first-order chi connectivity index (χ1) is 18.1. The molecule has 0 amide bonds. The molecular weight excluding hydrogens is 480 g/mol. The predicted octanol–water partition coefficient (Wildman–Crippen LogP) is 4.77. The molecule has 0 fully saturated rings. The van der Waals surface area contributed by atoms with Gasteiger partial charge in [0.15, 0.2) is 0 Å². The highest BCUT2D eigenvalue weighted by atomic mass is 16.1. The molecule has 2 aromatic rings. The molecule has 2 rings (SSSR count). The lowest BCUT2D eigenvalue weighted by Gasteiger charge is -1.99. The summed E-state index contributed by atoms with van der Waals surface area (Å²) in [7, 11) is 0. The van der Waals surface area contributed by atoms with Crippen LogP contribution in [-0.4, -0.2) is 49.6 Å². The summed E-state index contributed by atoms with van der Waals surface area (Å²) in [6.45, 7) is 2.83. The summed E-state index contributed by atoms with van der Waals surface area (Å²) >= 11 is 0. The van der Waals surface area contributed by atoms with Gasteiger partial charge in [0.25, 0.3) is 0 Å². The van der Waals surface area contributed by atoms with E-state index in [1.807, 2.05) is 0 Å². The van der Waals surface area contributed by atoms with Crippen molar-refractivity contribution in [3.63, 3.8) is 0 Å². The smallest absolute Gasteiger partial charge is 0.211 e. The topological polar surface area (TPSA) is 177 Å². The first kappa shape index (κ1) is 31.7. The predicted molar refractivity (Wildman–Crippen MR) is 133 cm³/mol. The number of para-hydroxylation sites is 2. The van der Waals surface area contributed by atoms with Crippen LogP contribution < -0.4 is 0 Å². The van der Waals surface area contributed by atoms with Crippen LogP contribution in [0.4, 0.5) is 22.7 Å². The largest absolute Gasteiger partial charge is 0.240 e. The summed E-state index contributed by atoms with van der Waals surface area (Å²) in [5.74, 6) is 0. The van der Waals surface area contributed by atoms with E-state index in [2.05, 4.69) is 30.0 Å². The molecule has 0 saturated carbocycles. The lowest BCUT2D eigenvalue weighted by molar-refractivity contribution is 0.558. The number of isocyanates is 6. The van der Waals surface area contributed by atoms with Crippen LogP contribution in [-0.2, 0) is 28.8 Å². The van der Waals surface area contributed by atoms with Gasteiger partial charge < -0.3 is 0 Å². The van der Waals surface area contributed by atoms with Crippen molar-refractivity contribution >= 4 is 59.2 Å². The maximum Gasteiger partial charge on any atom is 0.240 e. The van der Waals surface area contributed by atoms with E-state index in [-0.39, 0.29) is 0 Å². The summed E-state index contributed by atoms with van der Waals surface area (Å²) in [4.78, 5) is 79.5. The zero-order chi connectivity index (χ0) is 27.6. The molecule has 0 aliphatic rings. The number of rotatable bonds is 11. The third kappa shape index (κ3) is 15.3. The van der Waals surface area contributed by atoms with Gasteiger partial charge >= 0.3 is 0 Å². The quantitative estimate of drug-likeness (QED) is 0.243. The van der Waals surface area contributed by atoms with Gasteiger partial charge in [0, 0.05) is 5.56 Å². The molecule has 37 heavy (non-hydrogen) atoms. The van der Waals surface area contributed by atoms with Gasteiger partial charge in [-0.05, 0) is 44.0 Å². The second-order valence-electron chi connectivity index (χ2n) is 6.58. The van der Waals surface area contributed by atoms with Crippen LogP contribution in [0.25, 0.3) is 0 Å². The number of hydrogen-bond acceptors (Lipinski definition) is 12. The van der Waals surface area contributed by atoms with Gasteiger partial charge in [-0.25, -0.2) is 38.8 Å². The van der Waals surface area contributed by atoms with Crippen molar-refractivity contribution in [3.05, 3.63) is 48.0 Å². The van der Waals surface area contributed by atoms with Crippen LogP contribution in [0.2, 0.25) is 0 Å². The molecule has 0 unspecified atom stereocenters. The molecule has 0 aromatic heterocycles. The molecular formula is C25H22N6O6. The molecule has 2 aromatic carbocycles. The Kier molecular flexibility index (Phi) is 19.3. The number of hydrogen-bond donors (Lipinski definition) is 0. The van der Waals surface area contributed by atoms with Crippen LogP contribution in [0.3, 0.4) is 0 Å². The van der Waals surface area contributed by atoms with Crippen molar-refractivity contribution in [1.29, 1.82) is 0 Å². The molecule has 0 atom stereocenters. The first-order valence-electron chi connectivity index (χ1n) is 10.7. The molecule has 0 aliphatic carbocycles. The van der Waals surface area contributed by atoms with E-state index in [4.69, 9.17) is 0 Å². The number of benzene rings is 2. The minimum Gasteiger partial charge on any atom is -0.211 e. The molecule has 12 heteroatoms. The van der Waals surface area contributed by atoms with Gasteiger partial charge in [0.2, 0.25) is 36.5 Å². The minimum atomic E-state index is 0.316. The maximum atomic E-state index is 10.00. The maximum absolute atomic E-state index is 10.00. The Morgan fingerprint density at radius 2 is 0.838 bits per heavy atom. The summed E-state index contributed by atoms with van der Waals surface area (Å²) < 4.78 is 0. The summed E-state index contributed by atoms with van der Waals surface area (Å²) in [5.41, 5.74) is 2.22. The number of nitrogens with zero attached hydrogens (tertiary/aromatic N) is 6. The van der Waals surface area contributed by atoms with Gasteiger partial charge in [-0.3, -0.25) is 0 Å². The second-order valence-corrected chi connectivity index (χ2v) is 6.58. The number of unbranched alkanes of at least 4 members (excludes halogenated alkanes) is 3. The van der Waals surface area contributed by atoms with Crippen LogP contribution in [0.15, 0.2) is 72.4 Å². The minimum absolute atomic E-state index is 0.316. The van der Waals surface area contributed by atoms with Crippen molar-refractivity contribution in [2.75, 3.05) is 13.1 Å². The number of aliphatic imine (C=N–C) groups is 6. The van der Waals surface area contributed by atoms with Crippen molar-refractivity contribution in [1.82, 2.24) is 0 Å². The van der Waals surface area contributed by atoms with E-state index in [1.54, 1.807) is 49.4 Å². The van der Waals surface area contributed by atoms with Gasteiger partial charge in [0.1, 0.15) is 11.4 Å². The molecule has 0 bridgehead atoms. The Bertz CT molecular complexity index is 1190. The van der Waals surface area contributed by atoms with Crippen molar-refractivity contribution < 1.29 is 28.8 Å². The van der Waals surface area contributed by atoms with E-state index in [0.29, 0.717) is 41.4 Å². The van der Waals surface area contributed by atoms with E-state index in [0.717, 1.165) is 25.7 Å². The Balaban J connectivity index is 0.000000526. The molecule has 0 saturated heterocycles. The SMILES string of the molecule is Cc1c(N=C=O)cccc1N=C=O.O=C=NCCCCCCN=C=O.O=C=Nc1ccccc1N=C=O. The molecule has 0 radical (unpaired) electrons. The lowest BCUT2D eigenvalue weighted by Crippen LogP contribution is -1.84. The highest BCUT2D eigenvalue weighted by Gasteiger charge is 2.01. The molecule has 188 valence electrons. The van der Waals surface area contributed by atoms with Gasteiger partial charge in [-0.2, -0.15) is 20.0 Å². The van der Waals surface area contributed by atoms with E-state index in [9.17, 15) is 28.8 Å². The fraction of sp³-hybridized carbons (Fsp3) is 0.280. The second kappa shape index (κ2) is 22.5. The van der Waals surface area contributed by atoms with Crippen LogP contribution in [0.5, 0.6) is 0 Å². The fourth-order valence-corrected chi connectivity index (χ4v) is 2.53. The Labute approximate surface area is 212 Å². The average Bonchev–Trinajstić information content (AvgIpc) is 2.91.